The van der Waals surface area contributed by atoms with E-state index in [0.717, 1.165) is 6.54 Å². The summed E-state index contributed by atoms with van der Waals surface area (Å²) in [7, 11) is 0. The SMILES string of the molecule is C(=N\Cc1ccccc1)/c1cccc2ccccc12. The van der Waals surface area contributed by atoms with Crippen LogP contribution in [0.2, 0.25) is 0 Å². The topological polar surface area (TPSA) is 12.4 Å². The van der Waals surface area contributed by atoms with Crippen LogP contribution in [0.25, 0.3) is 10.8 Å². The van der Waals surface area contributed by atoms with Gasteiger partial charge in [-0.05, 0) is 16.3 Å². The van der Waals surface area contributed by atoms with Crippen LogP contribution in [0.1, 0.15) is 11.1 Å². The maximum Gasteiger partial charge on any atom is 0.0639 e. The molecule has 0 spiro atoms. The average molecular weight is 245 g/mol. The van der Waals surface area contributed by atoms with Crippen molar-refractivity contribution < 1.29 is 0 Å². The van der Waals surface area contributed by atoms with Gasteiger partial charge in [0, 0.05) is 11.8 Å². The van der Waals surface area contributed by atoms with Crippen LogP contribution in [0.3, 0.4) is 0 Å². The minimum absolute atomic E-state index is 0.726. The Hall–Kier alpha value is -2.41. The van der Waals surface area contributed by atoms with Gasteiger partial charge in [0.2, 0.25) is 0 Å². The van der Waals surface area contributed by atoms with Gasteiger partial charge in [-0.1, -0.05) is 72.8 Å². The highest BCUT2D eigenvalue weighted by atomic mass is 14.7. The lowest BCUT2D eigenvalue weighted by Gasteiger charge is -2.01. The van der Waals surface area contributed by atoms with E-state index in [1.165, 1.54) is 21.9 Å². The zero-order valence-corrected chi connectivity index (χ0v) is 10.7. The summed E-state index contributed by atoms with van der Waals surface area (Å²) in [6, 6.07) is 25.0. The maximum atomic E-state index is 4.54. The predicted molar refractivity (Wildman–Crippen MR) is 81.7 cm³/mol. The fourth-order valence-electron chi connectivity index (χ4n) is 2.20. The van der Waals surface area contributed by atoms with Crippen LogP contribution in [0.5, 0.6) is 0 Å². The van der Waals surface area contributed by atoms with E-state index in [0.29, 0.717) is 0 Å². The van der Waals surface area contributed by atoms with Gasteiger partial charge in [-0.15, -0.1) is 0 Å². The van der Waals surface area contributed by atoms with E-state index in [1.54, 1.807) is 0 Å². The van der Waals surface area contributed by atoms with E-state index in [2.05, 4.69) is 59.6 Å². The first-order valence-electron chi connectivity index (χ1n) is 6.45. The van der Waals surface area contributed by atoms with E-state index in [1.807, 2.05) is 24.4 Å². The quantitative estimate of drug-likeness (QED) is 0.604. The molecule has 0 aliphatic heterocycles. The number of nitrogens with zero attached hydrogens (tertiary/aromatic N) is 1. The summed E-state index contributed by atoms with van der Waals surface area (Å²) < 4.78 is 0. The number of fused-ring (bicyclic) bond motifs is 1. The lowest BCUT2D eigenvalue weighted by molar-refractivity contribution is 1.08. The van der Waals surface area contributed by atoms with Gasteiger partial charge in [0.1, 0.15) is 0 Å². The Morgan fingerprint density at radius 3 is 2.37 bits per heavy atom. The number of rotatable bonds is 3. The lowest BCUT2D eigenvalue weighted by Crippen LogP contribution is -1.86. The van der Waals surface area contributed by atoms with Gasteiger partial charge in [-0.2, -0.15) is 0 Å². The van der Waals surface area contributed by atoms with Crippen LogP contribution in [0.15, 0.2) is 77.8 Å². The Labute approximate surface area is 113 Å². The van der Waals surface area contributed by atoms with Gasteiger partial charge in [0.05, 0.1) is 6.54 Å². The molecule has 0 heterocycles. The Kier molecular flexibility index (Phi) is 3.37. The van der Waals surface area contributed by atoms with E-state index in [4.69, 9.17) is 0 Å². The molecule has 1 heteroatoms. The Bertz CT molecular complexity index is 694. The summed E-state index contributed by atoms with van der Waals surface area (Å²) in [6.07, 6.45) is 1.97. The molecule has 0 N–H and O–H groups in total. The first-order valence-corrected chi connectivity index (χ1v) is 6.45. The van der Waals surface area contributed by atoms with Gasteiger partial charge < -0.3 is 0 Å². The summed E-state index contributed by atoms with van der Waals surface area (Å²) in [5, 5.41) is 2.51. The molecule has 3 aromatic rings. The highest BCUT2D eigenvalue weighted by molar-refractivity contribution is 5.99. The average Bonchev–Trinajstić information content (AvgIpc) is 2.49. The van der Waals surface area contributed by atoms with Gasteiger partial charge in [0.15, 0.2) is 0 Å². The molecule has 0 radical (unpaired) electrons. The molecule has 3 aromatic carbocycles. The summed E-state index contributed by atoms with van der Waals surface area (Å²) in [5.74, 6) is 0. The van der Waals surface area contributed by atoms with Crippen LogP contribution < -0.4 is 0 Å². The molecule has 3 rings (SSSR count). The second kappa shape index (κ2) is 5.49. The van der Waals surface area contributed by atoms with Gasteiger partial charge in [0.25, 0.3) is 0 Å². The Morgan fingerprint density at radius 2 is 1.47 bits per heavy atom. The summed E-state index contributed by atoms with van der Waals surface area (Å²) >= 11 is 0. The van der Waals surface area contributed by atoms with Gasteiger partial charge in [-0.25, -0.2) is 0 Å². The third kappa shape index (κ3) is 2.71. The van der Waals surface area contributed by atoms with E-state index in [9.17, 15) is 0 Å². The molecule has 0 unspecified atom stereocenters. The van der Waals surface area contributed by atoms with Crippen molar-refractivity contribution in [2.75, 3.05) is 0 Å². The van der Waals surface area contributed by atoms with Crippen molar-refractivity contribution in [1.82, 2.24) is 0 Å². The first kappa shape index (κ1) is 11.7. The number of hydrogen-bond acceptors (Lipinski definition) is 1. The molecular weight excluding hydrogens is 230 g/mol. The van der Waals surface area contributed by atoms with E-state index in [-0.39, 0.29) is 0 Å². The van der Waals surface area contributed by atoms with Gasteiger partial charge in [-0.3, -0.25) is 4.99 Å². The van der Waals surface area contributed by atoms with Gasteiger partial charge >= 0.3 is 0 Å². The van der Waals surface area contributed by atoms with Crippen LogP contribution in [-0.2, 0) is 6.54 Å². The zero-order chi connectivity index (χ0) is 12.9. The second-order valence-corrected chi connectivity index (χ2v) is 4.52. The fraction of sp³-hybridized carbons (Fsp3) is 0.0556. The van der Waals surface area contributed by atoms with Crippen LogP contribution in [-0.4, -0.2) is 6.21 Å². The monoisotopic (exact) mass is 245 g/mol. The van der Waals surface area contributed by atoms with Crippen LogP contribution >= 0.6 is 0 Å². The molecular formula is C18H15N. The normalized spacial score (nSPS) is 11.2. The molecule has 0 saturated heterocycles. The molecule has 0 aromatic heterocycles. The third-order valence-corrected chi connectivity index (χ3v) is 3.17. The first-order chi connectivity index (χ1) is 9.43. The molecule has 0 fully saturated rings. The van der Waals surface area contributed by atoms with E-state index >= 15 is 0 Å². The largest absolute Gasteiger partial charge is 0.288 e. The molecule has 0 saturated carbocycles. The van der Waals surface area contributed by atoms with Crippen molar-refractivity contribution in [2.45, 2.75) is 6.54 Å². The number of hydrogen-bond donors (Lipinski definition) is 0. The molecule has 0 atom stereocenters. The molecule has 19 heavy (non-hydrogen) atoms. The zero-order valence-electron chi connectivity index (χ0n) is 10.7. The molecule has 0 bridgehead atoms. The fourth-order valence-corrected chi connectivity index (χ4v) is 2.20. The summed E-state index contributed by atoms with van der Waals surface area (Å²) in [5.41, 5.74) is 2.41. The predicted octanol–water partition coefficient (Wildman–Crippen LogP) is 4.46. The molecule has 0 aliphatic rings. The third-order valence-electron chi connectivity index (χ3n) is 3.17. The summed E-state index contributed by atoms with van der Waals surface area (Å²) in [4.78, 5) is 4.54. The van der Waals surface area contributed by atoms with Crippen molar-refractivity contribution >= 4 is 17.0 Å². The minimum Gasteiger partial charge on any atom is -0.288 e. The molecule has 1 nitrogen and oxygen atoms in total. The molecule has 0 aliphatic carbocycles. The minimum atomic E-state index is 0.726. The van der Waals surface area contributed by atoms with Crippen molar-refractivity contribution in [3.05, 3.63) is 83.9 Å². The lowest BCUT2D eigenvalue weighted by atomic mass is 10.1. The van der Waals surface area contributed by atoms with Crippen molar-refractivity contribution in [2.24, 2.45) is 4.99 Å². The van der Waals surface area contributed by atoms with Crippen LogP contribution in [0.4, 0.5) is 0 Å². The molecule has 0 amide bonds. The standard InChI is InChI=1S/C18H15N/c1-2-7-15(8-3-1)13-19-14-17-11-6-10-16-9-4-5-12-18(16)17/h1-12,14H,13H2/b19-14+. The number of aliphatic imine (C=N–C) groups is 1. The van der Waals surface area contributed by atoms with Crippen molar-refractivity contribution in [3.8, 4) is 0 Å². The second-order valence-electron chi connectivity index (χ2n) is 4.52. The smallest absolute Gasteiger partial charge is 0.0639 e. The summed E-state index contributed by atoms with van der Waals surface area (Å²) in [6.45, 7) is 0.726. The van der Waals surface area contributed by atoms with E-state index < -0.39 is 0 Å². The maximum absolute atomic E-state index is 4.54. The Morgan fingerprint density at radius 1 is 0.737 bits per heavy atom. The Balaban J connectivity index is 1.85. The van der Waals surface area contributed by atoms with Crippen molar-refractivity contribution in [1.29, 1.82) is 0 Å². The highest BCUT2D eigenvalue weighted by Gasteiger charge is 1.96. The van der Waals surface area contributed by atoms with Crippen LogP contribution in [0, 0.1) is 0 Å². The number of benzene rings is 3. The molecule has 92 valence electrons. The highest BCUT2D eigenvalue weighted by Crippen LogP contribution is 2.16. The van der Waals surface area contributed by atoms with Crippen molar-refractivity contribution in [3.63, 3.8) is 0 Å².